The van der Waals surface area contributed by atoms with E-state index in [1.54, 1.807) is 42.5 Å². The Morgan fingerprint density at radius 3 is 2.37 bits per heavy atom. The average molecular weight is 317 g/mol. The Balaban J connectivity index is 2.05. The van der Waals surface area contributed by atoms with Crippen LogP contribution in [0, 0.1) is 0 Å². The van der Waals surface area contributed by atoms with Gasteiger partial charge in [-0.3, -0.25) is 5.32 Å². The van der Waals surface area contributed by atoms with E-state index in [1.165, 1.54) is 0 Å². The molecule has 0 fully saturated rings. The molecule has 6 heteroatoms. The van der Waals surface area contributed by atoms with Gasteiger partial charge in [0.25, 0.3) is 0 Å². The normalized spacial score (nSPS) is 10.1. The molecule has 0 aliphatic rings. The quantitative estimate of drug-likeness (QED) is 0.821. The molecule has 0 aromatic heterocycles. The van der Waals surface area contributed by atoms with Gasteiger partial charge in [0.15, 0.2) is 0 Å². The molecule has 2 rings (SSSR count). The van der Waals surface area contributed by atoms with Crippen LogP contribution in [0.5, 0.6) is 5.75 Å². The minimum Gasteiger partial charge on any atom is -0.410 e. The van der Waals surface area contributed by atoms with Crippen LogP contribution in [0.25, 0.3) is 0 Å². The van der Waals surface area contributed by atoms with Crippen LogP contribution in [0.3, 0.4) is 0 Å². The lowest BCUT2D eigenvalue weighted by molar-refractivity contribution is 0.215. The van der Waals surface area contributed by atoms with E-state index in [-0.39, 0.29) is 5.02 Å². The van der Waals surface area contributed by atoms with Gasteiger partial charge in [0.05, 0.1) is 15.7 Å². The van der Waals surface area contributed by atoms with E-state index >= 15 is 0 Å². The standard InChI is InChI=1S/C13H8Cl3NO2/c14-8-4-6-9(7-5-8)19-13(18)17-11-3-1-2-10(15)12(11)16/h1-7H,(H,17,18). The molecule has 0 bridgehead atoms. The third-order valence-corrected chi connectivity index (χ3v) is 3.28. The van der Waals surface area contributed by atoms with Gasteiger partial charge in [-0.25, -0.2) is 4.79 Å². The van der Waals surface area contributed by atoms with Gasteiger partial charge in [-0.05, 0) is 36.4 Å². The topological polar surface area (TPSA) is 38.3 Å². The molecule has 0 saturated carbocycles. The zero-order valence-corrected chi connectivity index (χ0v) is 11.8. The summed E-state index contributed by atoms with van der Waals surface area (Å²) < 4.78 is 5.06. The van der Waals surface area contributed by atoms with Gasteiger partial charge in [-0.2, -0.15) is 0 Å². The van der Waals surface area contributed by atoms with Gasteiger partial charge in [0.2, 0.25) is 0 Å². The van der Waals surface area contributed by atoms with Crippen LogP contribution >= 0.6 is 34.8 Å². The molecule has 1 N–H and O–H groups in total. The minimum atomic E-state index is -0.661. The molecular formula is C13H8Cl3NO2. The van der Waals surface area contributed by atoms with Crippen molar-refractivity contribution < 1.29 is 9.53 Å². The highest BCUT2D eigenvalue weighted by atomic mass is 35.5. The van der Waals surface area contributed by atoms with E-state index in [0.717, 1.165) is 0 Å². The maximum absolute atomic E-state index is 11.7. The highest BCUT2D eigenvalue weighted by molar-refractivity contribution is 6.43. The number of hydrogen-bond donors (Lipinski definition) is 1. The van der Waals surface area contributed by atoms with Crippen molar-refractivity contribution in [2.45, 2.75) is 0 Å². The van der Waals surface area contributed by atoms with Crippen molar-refractivity contribution in [3.8, 4) is 5.75 Å². The molecule has 0 spiro atoms. The first-order chi connectivity index (χ1) is 9.06. The fourth-order valence-electron chi connectivity index (χ4n) is 1.35. The number of amides is 1. The Kier molecular flexibility index (Phi) is 4.53. The van der Waals surface area contributed by atoms with E-state index in [1.807, 2.05) is 0 Å². The van der Waals surface area contributed by atoms with E-state index in [4.69, 9.17) is 39.5 Å². The second-order valence-corrected chi connectivity index (χ2v) is 4.79. The molecule has 0 unspecified atom stereocenters. The van der Waals surface area contributed by atoms with Crippen molar-refractivity contribution in [1.82, 2.24) is 0 Å². The third kappa shape index (κ3) is 3.77. The number of hydrogen-bond acceptors (Lipinski definition) is 2. The number of anilines is 1. The summed E-state index contributed by atoms with van der Waals surface area (Å²) in [6.45, 7) is 0. The number of nitrogens with one attached hydrogen (secondary N) is 1. The first-order valence-electron chi connectivity index (χ1n) is 5.24. The van der Waals surface area contributed by atoms with Crippen molar-refractivity contribution in [3.63, 3.8) is 0 Å². The van der Waals surface area contributed by atoms with Gasteiger partial charge >= 0.3 is 6.09 Å². The molecule has 0 heterocycles. The molecular weight excluding hydrogens is 309 g/mol. The van der Waals surface area contributed by atoms with Crippen LogP contribution in [0.2, 0.25) is 15.1 Å². The first-order valence-corrected chi connectivity index (χ1v) is 6.38. The molecule has 2 aromatic rings. The summed E-state index contributed by atoms with van der Waals surface area (Å²) in [5.74, 6) is 0.375. The van der Waals surface area contributed by atoms with Crippen molar-refractivity contribution in [3.05, 3.63) is 57.5 Å². The number of carbonyl (C=O) groups is 1. The minimum absolute atomic E-state index is 0.261. The predicted octanol–water partition coefficient (Wildman–Crippen LogP) is 5.26. The van der Waals surface area contributed by atoms with E-state index in [0.29, 0.717) is 21.5 Å². The molecule has 2 aromatic carbocycles. The number of carbonyl (C=O) groups excluding carboxylic acids is 1. The van der Waals surface area contributed by atoms with Crippen molar-refractivity contribution in [1.29, 1.82) is 0 Å². The zero-order chi connectivity index (χ0) is 13.8. The SMILES string of the molecule is O=C(Nc1cccc(Cl)c1Cl)Oc1ccc(Cl)cc1. The summed E-state index contributed by atoms with van der Waals surface area (Å²) in [4.78, 5) is 11.7. The zero-order valence-electron chi connectivity index (χ0n) is 9.49. The summed E-state index contributed by atoms with van der Waals surface area (Å²) >= 11 is 17.5. The second kappa shape index (κ2) is 6.15. The third-order valence-electron chi connectivity index (χ3n) is 2.21. The van der Waals surface area contributed by atoms with E-state index < -0.39 is 6.09 Å². The Morgan fingerprint density at radius 2 is 1.68 bits per heavy atom. The van der Waals surface area contributed by atoms with Crippen LogP contribution in [-0.4, -0.2) is 6.09 Å². The number of halogens is 3. The lowest BCUT2D eigenvalue weighted by Gasteiger charge is -2.08. The highest BCUT2D eigenvalue weighted by Crippen LogP contribution is 2.29. The molecule has 0 aliphatic heterocycles. The van der Waals surface area contributed by atoms with Crippen LogP contribution in [0.15, 0.2) is 42.5 Å². The molecule has 0 atom stereocenters. The van der Waals surface area contributed by atoms with Crippen molar-refractivity contribution in [2.24, 2.45) is 0 Å². The Morgan fingerprint density at radius 1 is 1.00 bits per heavy atom. The maximum Gasteiger partial charge on any atom is 0.417 e. The summed E-state index contributed by atoms with van der Waals surface area (Å²) in [7, 11) is 0. The molecule has 0 aliphatic carbocycles. The monoisotopic (exact) mass is 315 g/mol. The summed E-state index contributed by atoms with van der Waals surface area (Å²) in [6, 6.07) is 11.3. The molecule has 1 amide bonds. The average Bonchev–Trinajstić information content (AvgIpc) is 2.38. The summed E-state index contributed by atoms with van der Waals surface area (Å²) in [5, 5.41) is 3.68. The lowest BCUT2D eigenvalue weighted by Crippen LogP contribution is -2.16. The first kappa shape index (κ1) is 14.0. The van der Waals surface area contributed by atoms with Gasteiger partial charge in [-0.15, -0.1) is 0 Å². The van der Waals surface area contributed by atoms with Crippen molar-refractivity contribution in [2.75, 3.05) is 5.32 Å². The fraction of sp³-hybridized carbons (Fsp3) is 0. The van der Waals surface area contributed by atoms with Gasteiger partial charge < -0.3 is 4.74 Å². The van der Waals surface area contributed by atoms with Crippen molar-refractivity contribution >= 4 is 46.6 Å². The van der Waals surface area contributed by atoms with Gasteiger partial charge in [0, 0.05) is 5.02 Å². The number of ether oxygens (including phenoxy) is 1. The van der Waals surface area contributed by atoms with Gasteiger partial charge in [-0.1, -0.05) is 40.9 Å². The van der Waals surface area contributed by atoms with Gasteiger partial charge in [0.1, 0.15) is 5.75 Å². The predicted molar refractivity (Wildman–Crippen MR) is 77.6 cm³/mol. The lowest BCUT2D eigenvalue weighted by atomic mass is 10.3. The Hall–Kier alpha value is -1.42. The summed E-state index contributed by atoms with van der Waals surface area (Å²) in [5.41, 5.74) is 0.383. The van der Waals surface area contributed by atoms with Crippen LogP contribution < -0.4 is 10.1 Å². The second-order valence-electron chi connectivity index (χ2n) is 3.57. The number of rotatable bonds is 2. The molecule has 98 valence electrons. The molecule has 3 nitrogen and oxygen atoms in total. The fourth-order valence-corrected chi connectivity index (χ4v) is 1.82. The molecule has 19 heavy (non-hydrogen) atoms. The maximum atomic E-state index is 11.7. The Labute approximate surface area is 125 Å². The van der Waals surface area contributed by atoms with Crippen LogP contribution in [-0.2, 0) is 0 Å². The van der Waals surface area contributed by atoms with E-state index in [9.17, 15) is 4.79 Å². The molecule has 0 radical (unpaired) electrons. The summed E-state index contributed by atoms with van der Waals surface area (Å²) in [6.07, 6.45) is -0.661. The molecule has 0 saturated heterocycles. The highest BCUT2D eigenvalue weighted by Gasteiger charge is 2.09. The largest absolute Gasteiger partial charge is 0.417 e. The number of benzene rings is 2. The Bertz CT molecular complexity index is 599. The van der Waals surface area contributed by atoms with E-state index in [2.05, 4.69) is 5.32 Å². The smallest absolute Gasteiger partial charge is 0.410 e. The van der Waals surface area contributed by atoms with Crippen LogP contribution in [0.4, 0.5) is 10.5 Å². The van der Waals surface area contributed by atoms with Crippen LogP contribution in [0.1, 0.15) is 0 Å².